The SMILES string of the molecule is Cc1cc2scc(-c3ccccc3)[n+]2c2ccccc12. The summed E-state index contributed by atoms with van der Waals surface area (Å²) in [5, 5.41) is 3.57. The van der Waals surface area contributed by atoms with Crippen LogP contribution >= 0.6 is 11.3 Å². The zero-order valence-electron chi connectivity index (χ0n) is 11.2. The average Bonchev–Trinajstić information content (AvgIpc) is 2.92. The Morgan fingerprint density at radius 3 is 2.50 bits per heavy atom. The third-order valence-corrected chi connectivity index (χ3v) is 4.61. The van der Waals surface area contributed by atoms with E-state index in [1.54, 1.807) is 11.3 Å². The molecule has 0 saturated carbocycles. The highest BCUT2D eigenvalue weighted by molar-refractivity contribution is 7.15. The number of aryl methyl sites for hydroxylation is 1. The van der Waals surface area contributed by atoms with Crippen LogP contribution in [0.1, 0.15) is 5.56 Å². The molecule has 2 heteroatoms. The zero-order chi connectivity index (χ0) is 13.5. The lowest BCUT2D eigenvalue weighted by Crippen LogP contribution is -2.23. The Balaban J connectivity index is 2.17. The number of fused-ring (bicyclic) bond motifs is 3. The van der Waals surface area contributed by atoms with Gasteiger partial charge in [-0.15, -0.1) is 4.40 Å². The summed E-state index contributed by atoms with van der Waals surface area (Å²) in [5.41, 5.74) is 5.14. The van der Waals surface area contributed by atoms with Gasteiger partial charge in [-0.05, 0) is 30.7 Å². The van der Waals surface area contributed by atoms with Gasteiger partial charge in [-0.2, -0.15) is 0 Å². The van der Waals surface area contributed by atoms with Gasteiger partial charge in [0.05, 0.1) is 5.38 Å². The minimum absolute atomic E-state index is 1.26. The summed E-state index contributed by atoms with van der Waals surface area (Å²) >= 11 is 1.80. The third kappa shape index (κ3) is 1.65. The van der Waals surface area contributed by atoms with Gasteiger partial charge in [0.2, 0.25) is 11.2 Å². The highest BCUT2D eigenvalue weighted by Gasteiger charge is 2.19. The minimum atomic E-state index is 1.26. The number of rotatable bonds is 1. The number of hydrogen-bond acceptors (Lipinski definition) is 1. The summed E-state index contributed by atoms with van der Waals surface area (Å²) < 4.78 is 2.36. The molecule has 4 rings (SSSR count). The largest absolute Gasteiger partial charge is 0.268 e. The molecule has 0 spiro atoms. The maximum absolute atomic E-state index is 2.36. The van der Waals surface area contributed by atoms with Crippen LogP contribution in [0, 0.1) is 6.92 Å². The minimum Gasteiger partial charge on any atom is -0.143 e. The van der Waals surface area contributed by atoms with E-state index in [1.165, 1.54) is 32.6 Å². The zero-order valence-corrected chi connectivity index (χ0v) is 12.0. The number of thiazole rings is 1. The summed E-state index contributed by atoms with van der Waals surface area (Å²) in [4.78, 5) is 1.29. The fourth-order valence-electron chi connectivity index (χ4n) is 2.76. The van der Waals surface area contributed by atoms with E-state index in [2.05, 4.69) is 77.4 Å². The normalized spacial score (nSPS) is 11.2. The maximum atomic E-state index is 2.36. The summed E-state index contributed by atoms with van der Waals surface area (Å²) in [6.07, 6.45) is 0. The number of benzene rings is 2. The molecule has 1 nitrogen and oxygen atoms in total. The van der Waals surface area contributed by atoms with Crippen molar-refractivity contribution in [3.63, 3.8) is 0 Å². The quantitative estimate of drug-likeness (QED) is 0.447. The van der Waals surface area contributed by atoms with Crippen LogP contribution in [0.3, 0.4) is 0 Å². The van der Waals surface area contributed by atoms with Gasteiger partial charge in [-0.1, -0.05) is 41.7 Å². The van der Waals surface area contributed by atoms with Crippen molar-refractivity contribution in [1.29, 1.82) is 0 Å². The molecular weight excluding hydrogens is 262 g/mol. The van der Waals surface area contributed by atoms with E-state index in [9.17, 15) is 0 Å². The van der Waals surface area contributed by atoms with Crippen molar-refractivity contribution in [2.45, 2.75) is 6.92 Å². The van der Waals surface area contributed by atoms with Crippen LogP contribution in [0.25, 0.3) is 27.0 Å². The molecule has 2 aromatic heterocycles. The van der Waals surface area contributed by atoms with Gasteiger partial charge in [0.25, 0.3) is 4.83 Å². The van der Waals surface area contributed by atoms with Crippen LogP contribution < -0.4 is 4.40 Å². The molecule has 0 bridgehead atoms. The van der Waals surface area contributed by atoms with E-state index >= 15 is 0 Å². The van der Waals surface area contributed by atoms with Crippen molar-refractivity contribution >= 4 is 27.1 Å². The molecule has 2 aromatic carbocycles. The first-order chi connectivity index (χ1) is 9.84. The molecular formula is C18H14NS+. The molecule has 0 radical (unpaired) electrons. The van der Waals surface area contributed by atoms with Crippen molar-refractivity contribution in [3.8, 4) is 11.3 Å². The molecule has 0 aliphatic rings. The van der Waals surface area contributed by atoms with E-state index in [0.717, 1.165) is 0 Å². The smallest absolute Gasteiger partial charge is 0.143 e. The van der Waals surface area contributed by atoms with Crippen LogP contribution in [0.15, 0.2) is 66.0 Å². The number of para-hydroxylation sites is 1. The first-order valence-electron chi connectivity index (χ1n) is 6.71. The fraction of sp³-hybridized carbons (Fsp3) is 0.0556. The Morgan fingerprint density at radius 1 is 0.900 bits per heavy atom. The van der Waals surface area contributed by atoms with Crippen LogP contribution in [0.4, 0.5) is 0 Å². The van der Waals surface area contributed by atoms with E-state index in [4.69, 9.17) is 0 Å². The van der Waals surface area contributed by atoms with Crippen LogP contribution in [0.5, 0.6) is 0 Å². The van der Waals surface area contributed by atoms with Crippen LogP contribution in [-0.2, 0) is 0 Å². The first-order valence-corrected chi connectivity index (χ1v) is 7.59. The Labute approximate surface area is 121 Å². The second kappa shape index (κ2) is 4.43. The van der Waals surface area contributed by atoms with Gasteiger partial charge in [-0.25, -0.2) is 0 Å². The summed E-state index contributed by atoms with van der Waals surface area (Å²) in [6, 6.07) is 21.5. The van der Waals surface area contributed by atoms with Crippen LogP contribution in [0.2, 0.25) is 0 Å². The molecule has 20 heavy (non-hydrogen) atoms. The first kappa shape index (κ1) is 11.6. The van der Waals surface area contributed by atoms with Gasteiger partial charge < -0.3 is 0 Å². The maximum Gasteiger partial charge on any atom is 0.268 e. The number of hydrogen-bond donors (Lipinski definition) is 0. The van der Waals surface area contributed by atoms with Crippen molar-refractivity contribution in [1.82, 2.24) is 0 Å². The lowest BCUT2D eigenvalue weighted by Gasteiger charge is -2.00. The Morgan fingerprint density at radius 2 is 1.65 bits per heavy atom. The molecule has 96 valence electrons. The van der Waals surface area contributed by atoms with Gasteiger partial charge in [-0.3, -0.25) is 0 Å². The Kier molecular flexibility index (Phi) is 2.57. The van der Waals surface area contributed by atoms with E-state index in [1.807, 2.05) is 0 Å². The summed E-state index contributed by atoms with van der Waals surface area (Å²) in [7, 11) is 0. The molecule has 0 fully saturated rings. The monoisotopic (exact) mass is 276 g/mol. The molecule has 0 unspecified atom stereocenters. The average molecular weight is 276 g/mol. The second-order valence-corrected chi connectivity index (χ2v) is 5.89. The third-order valence-electron chi connectivity index (χ3n) is 3.73. The van der Waals surface area contributed by atoms with Gasteiger partial charge in [0.15, 0.2) is 0 Å². The molecule has 0 saturated heterocycles. The molecule has 0 amide bonds. The van der Waals surface area contributed by atoms with Gasteiger partial charge in [0.1, 0.15) is 0 Å². The Bertz CT molecular complexity index is 907. The number of pyridine rings is 1. The standard InChI is InChI=1S/C18H14NS/c1-13-11-18-19(16-10-6-5-9-15(13)16)17(12-20-18)14-7-3-2-4-8-14/h2-12H,1H3/q+1. The summed E-state index contributed by atoms with van der Waals surface area (Å²) in [6.45, 7) is 2.18. The molecule has 4 aromatic rings. The Hall–Kier alpha value is -2.19. The number of aromatic nitrogens is 1. The van der Waals surface area contributed by atoms with Gasteiger partial charge >= 0.3 is 0 Å². The van der Waals surface area contributed by atoms with Crippen molar-refractivity contribution < 1.29 is 4.40 Å². The molecule has 2 heterocycles. The summed E-state index contributed by atoms with van der Waals surface area (Å²) in [5.74, 6) is 0. The van der Waals surface area contributed by atoms with E-state index < -0.39 is 0 Å². The molecule has 0 aliphatic carbocycles. The molecule has 0 atom stereocenters. The lowest BCUT2D eigenvalue weighted by atomic mass is 10.1. The van der Waals surface area contributed by atoms with Gasteiger partial charge in [0, 0.05) is 23.1 Å². The van der Waals surface area contributed by atoms with E-state index in [0.29, 0.717) is 0 Å². The van der Waals surface area contributed by atoms with Crippen molar-refractivity contribution in [2.75, 3.05) is 0 Å². The highest BCUT2D eigenvalue weighted by atomic mass is 32.1. The van der Waals surface area contributed by atoms with Crippen LogP contribution in [-0.4, -0.2) is 0 Å². The van der Waals surface area contributed by atoms with E-state index in [-0.39, 0.29) is 0 Å². The predicted molar refractivity (Wildman–Crippen MR) is 85.2 cm³/mol. The molecule has 0 aliphatic heterocycles. The second-order valence-electron chi connectivity index (χ2n) is 5.01. The highest BCUT2D eigenvalue weighted by Crippen LogP contribution is 2.25. The fourth-order valence-corrected chi connectivity index (χ4v) is 3.78. The number of nitrogens with zero attached hydrogens (tertiary/aromatic N) is 1. The topological polar surface area (TPSA) is 4.10 Å². The molecule has 0 N–H and O–H groups in total. The van der Waals surface area contributed by atoms with Crippen molar-refractivity contribution in [3.05, 3.63) is 71.6 Å². The predicted octanol–water partition coefficient (Wildman–Crippen LogP) is 4.62. The lowest BCUT2D eigenvalue weighted by molar-refractivity contribution is -0.464. The van der Waals surface area contributed by atoms with Crippen molar-refractivity contribution in [2.24, 2.45) is 0 Å².